The lowest BCUT2D eigenvalue weighted by molar-refractivity contribution is -0.149. The van der Waals surface area contributed by atoms with Gasteiger partial charge in [-0.05, 0) is 30.1 Å². The van der Waals surface area contributed by atoms with Gasteiger partial charge < -0.3 is 4.98 Å². The van der Waals surface area contributed by atoms with E-state index in [-0.39, 0.29) is 22.7 Å². The van der Waals surface area contributed by atoms with Crippen molar-refractivity contribution in [3.63, 3.8) is 0 Å². The van der Waals surface area contributed by atoms with Crippen LogP contribution in [0.4, 0.5) is 0 Å². The van der Waals surface area contributed by atoms with Crippen molar-refractivity contribution in [2.75, 3.05) is 7.05 Å². The largest absolute Gasteiger partial charge is 0.331 e. The first kappa shape index (κ1) is 13.2. The molecule has 1 saturated heterocycles. The first-order chi connectivity index (χ1) is 9.50. The number of piperidine rings is 1. The number of carbonyl (C=O) groups is 2. The molecule has 1 N–H and O–H groups in total. The molecule has 2 aromatic heterocycles. The Kier molecular flexibility index (Phi) is 3.06. The number of carbonyl (C=O) groups excluding carboxylic acids is 2. The van der Waals surface area contributed by atoms with Crippen molar-refractivity contribution < 1.29 is 9.59 Å². The number of aromatic amines is 1. The van der Waals surface area contributed by atoms with Crippen LogP contribution in [0.5, 0.6) is 0 Å². The number of likely N-dealkylation sites (N-methyl/N-ethyl adjacent to an activating group) is 1. The van der Waals surface area contributed by atoms with Gasteiger partial charge in [-0.2, -0.15) is 0 Å². The molecule has 2 amide bonds. The van der Waals surface area contributed by atoms with Gasteiger partial charge in [-0.3, -0.25) is 23.9 Å². The zero-order valence-electron chi connectivity index (χ0n) is 10.6. The highest BCUT2D eigenvalue weighted by Gasteiger charge is 2.34. The van der Waals surface area contributed by atoms with Crippen molar-refractivity contribution in [3.05, 3.63) is 26.6 Å². The van der Waals surface area contributed by atoms with Gasteiger partial charge in [-0.1, -0.05) is 0 Å². The fraction of sp³-hybridized carbons (Fsp3) is 0.333. The van der Waals surface area contributed by atoms with E-state index in [0.29, 0.717) is 16.6 Å². The van der Waals surface area contributed by atoms with Crippen LogP contribution in [0.2, 0.25) is 0 Å². The average Bonchev–Trinajstić information content (AvgIpc) is 2.87. The molecule has 8 heteroatoms. The zero-order valence-corrected chi connectivity index (χ0v) is 12.2. The van der Waals surface area contributed by atoms with Crippen LogP contribution in [0.3, 0.4) is 0 Å². The van der Waals surface area contributed by atoms with Gasteiger partial charge >= 0.3 is 0 Å². The third-order valence-electron chi connectivity index (χ3n) is 3.47. The molecule has 2 aromatic rings. The highest BCUT2D eigenvalue weighted by molar-refractivity contribution is 7.71. The van der Waals surface area contributed by atoms with Gasteiger partial charge in [0.15, 0.2) is 4.77 Å². The number of H-pyrrole nitrogens is 1. The van der Waals surface area contributed by atoms with Crippen LogP contribution in [0, 0.1) is 4.77 Å². The monoisotopic (exact) mass is 309 g/mol. The number of hydrogen-bond donors (Lipinski definition) is 1. The van der Waals surface area contributed by atoms with E-state index in [9.17, 15) is 14.4 Å². The number of likely N-dealkylation sites (tertiary alicyclic amines) is 1. The van der Waals surface area contributed by atoms with Crippen LogP contribution in [-0.2, 0) is 9.59 Å². The molecule has 0 saturated carbocycles. The number of nitrogens with one attached hydrogen (secondary N) is 1. The van der Waals surface area contributed by atoms with E-state index in [1.54, 1.807) is 11.4 Å². The Bertz CT molecular complexity index is 832. The Balaban J connectivity index is 2.20. The summed E-state index contributed by atoms with van der Waals surface area (Å²) in [6.07, 6.45) is 0.535. The Hall–Kier alpha value is -1.80. The van der Waals surface area contributed by atoms with Crippen molar-refractivity contribution in [1.82, 2.24) is 14.5 Å². The van der Waals surface area contributed by atoms with Crippen molar-refractivity contribution >= 4 is 45.6 Å². The molecule has 104 valence electrons. The number of thiophene rings is 1. The fourth-order valence-electron chi connectivity index (χ4n) is 2.37. The predicted octanol–water partition coefficient (Wildman–Crippen LogP) is 1.44. The maximum Gasteiger partial charge on any atom is 0.272 e. The molecule has 0 aromatic carbocycles. The summed E-state index contributed by atoms with van der Waals surface area (Å²) < 4.78 is 2.03. The molecule has 3 heterocycles. The zero-order chi connectivity index (χ0) is 14.4. The molecule has 1 aliphatic heterocycles. The molecule has 6 nitrogen and oxygen atoms in total. The summed E-state index contributed by atoms with van der Waals surface area (Å²) in [5.41, 5.74) is 0.397. The maximum atomic E-state index is 12.5. The topological polar surface area (TPSA) is 75.2 Å². The minimum atomic E-state index is -0.708. The number of fused-ring (bicyclic) bond motifs is 1. The third kappa shape index (κ3) is 1.83. The van der Waals surface area contributed by atoms with Crippen LogP contribution in [-0.4, -0.2) is 33.3 Å². The van der Waals surface area contributed by atoms with Gasteiger partial charge in [0.2, 0.25) is 5.91 Å². The summed E-state index contributed by atoms with van der Waals surface area (Å²) in [6.45, 7) is 0. The van der Waals surface area contributed by atoms with Crippen molar-refractivity contribution in [1.29, 1.82) is 0 Å². The second kappa shape index (κ2) is 4.64. The molecule has 3 rings (SSSR count). The quantitative estimate of drug-likeness (QED) is 0.639. The van der Waals surface area contributed by atoms with E-state index in [4.69, 9.17) is 12.2 Å². The summed E-state index contributed by atoms with van der Waals surface area (Å²) in [6, 6.07) is 1.07. The van der Waals surface area contributed by atoms with E-state index in [2.05, 4.69) is 4.98 Å². The molecule has 1 unspecified atom stereocenters. The normalized spacial score (nSPS) is 19.9. The van der Waals surface area contributed by atoms with Crippen molar-refractivity contribution in [2.24, 2.45) is 0 Å². The SMILES string of the molecule is CN1C(=O)CCC(n2c(=S)[nH]c3ccsc3c2=O)C1=O. The molecule has 1 aliphatic rings. The lowest BCUT2D eigenvalue weighted by Gasteiger charge is -2.28. The van der Waals surface area contributed by atoms with Crippen LogP contribution < -0.4 is 5.56 Å². The second-order valence-electron chi connectivity index (χ2n) is 4.61. The third-order valence-corrected chi connectivity index (χ3v) is 4.67. The Morgan fingerprint density at radius 3 is 2.90 bits per heavy atom. The molecule has 0 aliphatic carbocycles. The van der Waals surface area contributed by atoms with E-state index < -0.39 is 11.9 Å². The summed E-state index contributed by atoms with van der Waals surface area (Å²) in [5.74, 6) is -0.620. The van der Waals surface area contributed by atoms with E-state index in [1.807, 2.05) is 0 Å². The molecule has 0 spiro atoms. The summed E-state index contributed by atoms with van der Waals surface area (Å²) >= 11 is 6.49. The molecule has 20 heavy (non-hydrogen) atoms. The van der Waals surface area contributed by atoms with E-state index in [0.717, 1.165) is 4.90 Å². The molecule has 0 radical (unpaired) electrons. The summed E-state index contributed by atoms with van der Waals surface area (Å²) in [7, 11) is 1.43. The number of nitrogens with zero attached hydrogens (tertiary/aromatic N) is 2. The van der Waals surface area contributed by atoms with Gasteiger partial charge in [0, 0.05) is 13.5 Å². The standard InChI is InChI=1S/C12H11N3O3S2/c1-14-8(16)3-2-7(10(14)17)15-11(18)9-6(4-5-20-9)13-12(15)19/h4-5,7H,2-3H2,1H3,(H,13,19). The molecule has 0 bridgehead atoms. The minimum absolute atomic E-state index is 0.210. The smallest absolute Gasteiger partial charge is 0.272 e. The molecule has 1 atom stereocenters. The number of imide groups is 1. The Labute approximate surface area is 122 Å². The minimum Gasteiger partial charge on any atom is -0.331 e. The lowest BCUT2D eigenvalue weighted by atomic mass is 10.0. The molecule has 1 fully saturated rings. The summed E-state index contributed by atoms with van der Waals surface area (Å²) in [4.78, 5) is 40.2. The number of rotatable bonds is 1. The fourth-order valence-corrected chi connectivity index (χ4v) is 3.48. The van der Waals surface area contributed by atoms with E-state index in [1.165, 1.54) is 23.0 Å². The number of hydrogen-bond acceptors (Lipinski definition) is 5. The summed E-state index contributed by atoms with van der Waals surface area (Å²) in [5, 5.41) is 1.79. The van der Waals surface area contributed by atoms with Gasteiger partial charge in [0.05, 0.1) is 5.52 Å². The first-order valence-corrected chi connectivity index (χ1v) is 7.32. The van der Waals surface area contributed by atoms with Gasteiger partial charge in [-0.25, -0.2) is 0 Å². The number of amides is 2. The van der Waals surface area contributed by atoms with Gasteiger partial charge in [0.25, 0.3) is 11.5 Å². The predicted molar refractivity (Wildman–Crippen MR) is 77.3 cm³/mol. The van der Waals surface area contributed by atoms with Gasteiger partial charge in [0.1, 0.15) is 10.7 Å². The van der Waals surface area contributed by atoms with Crippen LogP contribution in [0.1, 0.15) is 18.9 Å². The molecular formula is C12H11N3O3S2. The lowest BCUT2D eigenvalue weighted by Crippen LogP contribution is -2.45. The average molecular weight is 309 g/mol. The highest BCUT2D eigenvalue weighted by atomic mass is 32.1. The van der Waals surface area contributed by atoms with Crippen molar-refractivity contribution in [2.45, 2.75) is 18.9 Å². The Morgan fingerprint density at radius 1 is 1.40 bits per heavy atom. The number of aromatic nitrogens is 2. The van der Waals surface area contributed by atoms with Crippen LogP contribution >= 0.6 is 23.6 Å². The Morgan fingerprint density at radius 2 is 2.15 bits per heavy atom. The molecular weight excluding hydrogens is 298 g/mol. The first-order valence-electron chi connectivity index (χ1n) is 6.03. The van der Waals surface area contributed by atoms with Crippen LogP contribution in [0.25, 0.3) is 10.2 Å². The van der Waals surface area contributed by atoms with Crippen LogP contribution in [0.15, 0.2) is 16.2 Å². The maximum absolute atomic E-state index is 12.5. The second-order valence-corrected chi connectivity index (χ2v) is 5.92. The van der Waals surface area contributed by atoms with E-state index >= 15 is 0 Å². The highest BCUT2D eigenvalue weighted by Crippen LogP contribution is 2.23. The van der Waals surface area contributed by atoms with Gasteiger partial charge in [-0.15, -0.1) is 11.3 Å². The van der Waals surface area contributed by atoms with Crippen molar-refractivity contribution in [3.8, 4) is 0 Å².